The van der Waals surface area contributed by atoms with Crippen molar-refractivity contribution in [1.82, 2.24) is 20.2 Å². The Morgan fingerprint density at radius 1 is 1.08 bits per heavy atom. The molecule has 0 unspecified atom stereocenters. The van der Waals surface area contributed by atoms with Crippen LogP contribution in [-0.4, -0.2) is 39.9 Å². The average Bonchev–Trinajstić information content (AvgIpc) is 3.57. The number of hydrogen-bond acceptors (Lipinski definition) is 3. The summed E-state index contributed by atoms with van der Waals surface area (Å²) in [4.78, 5) is 23.3. The number of imidazole rings is 1. The number of aromatic nitrogens is 2. The highest BCUT2D eigenvalue weighted by Gasteiger charge is 2.32. The maximum absolute atomic E-state index is 13.1. The molecule has 1 amide bonds. The van der Waals surface area contributed by atoms with Crippen LogP contribution in [0.4, 0.5) is 13.2 Å². The standard InChI is InChI=1S/C28H31F3N4O/c29-28(30,31)22-8-9-24-25(14-22)34-26(33-24)19-2-1-3-23(13-19)32-27(36)20-6-7-21-16-35(15-17-4-5-17)11-10-18(21)12-20/h6-9,12,14,17,19,23H,1-5,10-11,13,15-16H2,(H,32,36)(H,33,34)/t19-,23+/m0/s1. The second kappa shape index (κ2) is 9.21. The predicted octanol–water partition coefficient (Wildman–Crippen LogP) is 5.81. The van der Waals surface area contributed by atoms with Gasteiger partial charge in [0.2, 0.25) is 0 Å². The lowest BCUT2D eigenvalue weighted by molar-refractivity contribution is -0.137. The maximum Gasteiger partial charge on any atom is 0.416 e. The number of rotatable bonds is 5. The van der Waals surface area contributed by atoms with E-state index in [0.29, 0.717) is 22.4 Å². The van der Waals surface area contributed by atoms with Gasteiger partial charge in [-0.2, -0.15) is 13.2 Å². The van der Waals surface area contributed by atoms with Crippen molar-refractivity contribution in [3.63, 3.8) is 0 Å². The first kappa shape index (κ1) is 23.5. The van der Waals surface area contributed by atoms with Crippen molar-refractivity contribution < 1.29 is 18.0 Å². The summed E-state index contributed by atoms with van der Waals surface area (Å²) in [5.41, 5.74) is 3.55. The molecule has 3 aliphatic rings. The van der Waals surface area contributed by atoms with Gasteiger partial charge in [0.1, 0.15) is 5.82 Å². The Balaban J connectivity index is 1.10. The molecule has 2 saturated carbocycles. The number of fused-ring (bicyclic) bond motifs is 2. The molecular weight excluding hydrogens is 465 g/mol. The number of amides is 1. The fourth-order valence-electron chi connectivity index (χ4n) is 5.81. The van der Waals surface area contributed by atoms with E-state index in [2.05, 4.69) is 32.3 Å². The second-order valence-electron chi connectivity index (χ2n) is 10.8. The first-order valence-electron chi connectivity index (χ1n) is 13.0. The van der Waals surface area contributed by atoms with Gasteiger partial charge < -0.3 is 10.3 Å². The summed E-state index contributed by atoms with van der Waals surface area (Å²) < 4.78 is 39.2. The fraction of sp³-hybridized carbons (Fsp3) is 0.500. The van der Waals surface area contributed by atoms with E-state index in [1.165, 1.54) is 36.6 Å². The zero-order valence-corrected chi connectivity index (χ0v) is 20.2. The number of carbonyl (C=O) groups is 1. The molecule has 1 aliphatic heterocycles. The van der Waals surface area contributed by atoms with Crippen molar-refractivity contribution in [2.45, 2.75) is 69.6 Å². The van der Waals surface area contributed by atoms with Crippen LogP contribution < -0.4 is 5.32 Å². The summed E-state index contributed by atoms with van der Waals surface area (Å²) in [6.45, 7) is 3.22. The minimum absolute atomic E-state index is 0.0141. The SMILES string of the molecule is O=C(N[C@@H]1CCC[C@H](c2nc3cc(C(F)(F)F)ccc3[nH]2)C1)c1ccc2c(c1)CCN(CC1CC1)C2. The number of benzene rings is 2. The summed E-state index contributed by atoms with van der Waals surface area (Å²) >= 11 is 0. The summed E-state index contributed by atoms with van der Waals surface area (Å²) in [6.07, 6.45) is 2.76. The highest BCUT2D eigenvalue weighted by Crippen LogP contribution is 2.35. The molecular formula is C28H31F3N4O. The molecule has 2 N–H and O–H groups in total. The average molecular weight is 497 g/mol. The Bertz CT molecular complexity index is 1280. The normalized spacial score (nSPS) is 23.0. The van der Waals surface area contributed by atoms with Crippen LogP contribution in [0.25, 0.3) is 11.0 Å². The predicted molar refractivity (Wildman–Crippen MR) is 132 cm³/mol. The minimum atomic E-state index is -4.39. The molecule has 2 fully saturated rings. The van der Waals surface area contributed by atoms with Gasteiger partial charge in [0, 0.05) is 37.2 Å². The third kappa shape index (κ3) is 5.01. The Morgan fingerprint density at radius 3 is 2.75 bits per heavy atom. The van der Waals surface area contributed by atoms with Crippen molar-refractivity contribution in [1.29, 1.82) is 0 Å². The largest absolute Gasteiger partial charge is 0.416 e. The number of halogens is 3. The number of aromatic amines is 1. The Morgan fingerprint density at radius 2 is 1.94 bits per heavy atom. The second-order valence-corrected chi connectivity index (χ2v) is 10.8. The van der Waals surface area contributed by atoms with Crippen molar-refractivity contribution in [2.24, 2.45) is 5.92 Å². The van der Waals surface area contributed by atoms with Gasteiger partial charge >= 0.3 is 6.18 Å². The molecule has 36 heavy (non-hydrogen) atoms. The van der Waals surface area contributed by atoms with Gasteiger partial charge in [0.25, 0.3) is 5.91 Å². The lowest BCUT2D eigenvalue weighted by Gasteiger charge is -2.30. The topological polar surface area (TPSA) is 61.0 Å². The molecule has 0 saturated heterocycles. The monoisotopic (exact) mass is 496 g/mol. The molecule has 3 aromatic rings. The van der Waals surface area contributed by atoms with Crippen LogP contribution >= 0.6 is 0 Å². The van der Waals surface area contributed by atoms with Gasteiger partial charge in [0.05, 0.1) is 16.6 Å². The molecule has 0 spiro atoms. The van der Waals surface area contributed by atoms with Gasteiger partial charge in [-0.3, -0.25) is 9.69 Å². The third-order valence-corrected chi connectivity index (χ3v) is 8.00. The number of H-pyrrole nitrogens is 1. The lowest BCUT2D eigenvalue weighted by Crippen LogP contribution is -2.38. The van der Waals surface area contributed by atoms with Crippen LogP contribution in [0.1, 0.15) is 77.3 Å². The molecule has 2 heterocycles. The van der Waals surface area contributed by atoms with E-state index in [9.17, 15) is 18.0 Å². The number of nitrogens with one attached hydrogen (secondary N) is 2. The fourth-order valence-corrected chi connectivity index (χ4v) is 5.81. The van der Waals surface area contributed by atoms with Crippen LogP contribution in [-0.2, 0) is 19.1 Å². The van der Waals surface area contributed by atoms with Crippen molar-refractivity contribution in [3.8, 4) is 0 Å². The van der Waals surface area contributed by atoms with E-state index in [-0.39, 0.29) is 17.9 Å². The molecule has 1 aromatic heterocycles. The van der Waals surface area contributed by atoms with Crippen LogP contribution in [0.5, 0.6) is 0 Å². The minimum Gasteiger partial charge on any atom is -0.349 e. The van der Waals surface area contributed by atoms with Crippen LogP contribution in [0.3, 0.4) is 0 Å². The number of carbonyl (C=O) groups excluding carboxylic acids is 1. The molecule has 0 radical (unpaired) electrons. The molecule has 2 aliphatic carbocycles. The molecule has 2 atom stereocenters. The van der Waals surface area contributed by atoms with Gasteiger partial charge in [-0.25, -0.2) is 4.98 Å². The van der Waals surface area contributed by atoms with Crippen molar-refractivity contribution in [3.05, 3.63) is 64.5 Å². The highest BCUT2D eigenvalue weighted by molar-refractivity contribution is 5.94. The molecule has 190 valence electrons. The summed E-state index contributed by atoms with van der Waals surface area (Å²) in [5, 5.41) is 3.21. The zero-order chi connectivity index (χ0) is 24.9. The van der Waals surface area contributed by atoms with E-state index < -0.39 is 11.7 Å². The first-order chi connectivity index (χ1) is 17.3. The van der Waals surface area contributed by atoms with E-state index in [0.717, 1.165) is 63.2 Å². The number of alkyl halides is 3. The van der Waals surface area contributed by atoms with Crippen LogP contribution in [0, 0.1) is 5.92 Å². The molecule has 0 bridgehead atoms. The van der Waals surface area contributed by atoms with E-state index >= 15 is 0 Å². The molecule has 5 nitrogen and oxygen atoms in total. The molecule has 6 rings (SSSR count). The first-order valence-corrected chi connectivity index (χ1v) is 13.0. The summed E-state index contributed by atoms with van der Waals surface area (Å²) in [7, 11) is 0. The van der Waals surface area contributed by atoms with Gasteiger partial charge in [0.15, 0.2) is 0 Å². The Labute approximate surface area is 208 Å². The van der Waals surface area contributed by atoms with Crippen molar-refractivity contribution >= 4 is 16.9 Å². The summed E-state index contributed by atoms with van der Waals surface area (Å²) in [5.74, 6) is 1.61. The van der Waals surface area contributed by atoms with Gasteiger partial charge in [-0.15, -0.1) is 0 Å². The van der Waals surface area contributed by atoms with Gasteiger partial charge in [-0.1, -0.05) is 12.5 Å². The maximum atomic E-state index is 13.1. The smallest absolute Gasteiger partial charge is 0.349 e. The molecule has 2 aromatic carbocycles. The van der Waals surface area contributed by atoms with Crippen LogP contribution in [0.15, 0.2) is 36.4 Å². The zero-order valence-electron chi connectivity index (χ0n) is 20.2. The lowest BCUT2D eigenvalue weighted by atomic mass is 9.85. The molecule has 8 heteroatoms. The van der Waals surface area contributed by atoms with E-state index in [4.69, 9.17) is 0 Å². The third-order valence-electron chi connectivity index (χ3n) is 8.00. The number of hydrogen-bond donors (Lipinski definition) is 2. The highest BCUT2D eigenvalue weighted by atomic mass is 19.4. The van der Waals surface area contributed by atoms with E-state index in [1.54, 1.807) is 0 Å². The van der Waals surface area contributed by atoms with E-state index in [1.807, 2.05) is 6.07 Å². The Kier molecular flexibility index (Phi) is 6.02. The number of nitrogens with zero attached hydrogens (tertiary/aromatic N) is 2. The van der Waals surface area contributed by atoms with Gasteiger partial charge in [-0.05, 0) is 85.9 Å². The Hall–Kier alpha value is -2.87. The summed E-state index contributed by atoms with van der Waals surface area (Å²) in [6, 6.07) is 9.73. The van der Waals surface area contributed by atoms with Crippen molar-refractivity contribution in [2.75, 3.05) is 13.1 Å². The quantitative estimate of drug-likeness (QED) is 0.469. The van der Waals surface area contributed by atoms with Crippen LogP contribution in [0.2, 0.25) is 0 Å².